The molecule has 0 spiro atoms. The van der Waals surface area contributed by atoms with Crippen LogP contribution in [0.4, 0.5) is 5.69 Å². The number of nitriles is 1. The Morgan fingerprint density at radius 2 is 1.71 bits per heavy atom. The lowest BCUT2D eigenvalue weighted by molar-refractivity contribution is -0.112. The van der Waals surface area contributed by atoms with E-state index in [4.69, 9.17) is 23.2 Å². The van der Waals surface area contributed by atoms with Crippen LogP contribution in [0.2, 0.25) is 10.0 Å². The first-order valence-corrected chi connectivity index (χ1v) is 8.14. The first-order chi connectivity index (χ1) is 11.4. The largest absolute Gasteiger partial charge is 0.321 e. The Labute approximate surface area is 151 Å². The Morgan fingerprint density at radius 1 is 1.12 bits per heavy atom. The van der Waals surface area contributed by atoms with Crippen LogP contribution in [0.15, 0.2) is 48.0 Å². The minimum atomic E-state index is -0.510. The Bertz CT molecular complexity index is 798. The van der Waals surface area contributed by atoms with Crippen molar-refractivity contribution in [1.82, 2.24) is 0 Å². The zero-order chi connectivity index (χ0) is 17.7. The van der Waals surface area contributed by atoms with Gasteiger partial charge < -0.3 is 5.32 Å². The van der Waals surface area contributed by atoms with Gasteiger partial charge in [0.15, 0.2) is 0 Å². The number of benzene rings is 2. The maximum Gasteiger partial charge on any atom is 0.266 e. The summed E-state index contributed by atoms with van der Waals surface area (Å²) in [6.45, 7) is 4.21. The molecule has 0 aromatic heterocycles. The molecule has 5 heteroatoms. The first kappa shape index (κ1) is 18.1. The van der Waals surface area contributed by atoms with Crippen molar-refractivity contribution in [2.24, 2.45) is 0 Å². The summed E-state index contributed by atoms with van der Waals surface area (Å²) < 4.78 is 0. The van der Waals surface area contributed by atoms with Gasteiger partial charge in [0, 0.05) is 15.7 Å². The van der Waals surface area contributed by atoms with Crippen molar-refractivity contribution in [2.75, 3.05) is 5.32 Å². The van der Waals surface area contributed by atoms with E-state index in [1.54, 1.807) is 24.3 Å². The number of carbonyl (C=O) groups excluding carboxylic acids is 1. The normalized spacial score (nSPS) is 11.2. The molecule has 2 aromatic rings. The van der Waals surface area contributed by atoms with Crippen molar-refractivity contribution in [3.63, 3.8) is 0 Å². The van der Waals surface area contributed by atoms with Gasteiger partial charge in [-0.25, -0.2) is 0 Å². The molecule has 24 heavy (non-hydrogen) atoms. The lowest BCUT2D eigenvalue weighted by Crippen LogP contribution is -2.13. The van der Waals surface area contributed by atoms with E-state index in [-0.39, 0.29) is 5.57 Å². The van der Waals surface area contributed by atoms with E-state index in [2.05, 4.69) is 19.2 Å². The fourth-order valence-corrected chi connectivity index (χ4v) is 2.64. The third kappa shape index (κ3) is 4.86. The molecular weight excluding hydrogens is 343 g/mol. The lowest BCUT2D eigenvalue weighted by Gasteiger charge is -2.07. The molecule has 1 N–H and O–H groups in total. The van der Waals surface area contributed by atoms with Gasteiger partial charge in [-0.1, -0.05) is 61.3 Å². The van der Waals surface area contributed by atoms with Crippen LogP contribution in [0.1, 0.15) is 30.9 Å². The van der Waals surface area contributed by atoms with Crippen molar-refractivity contribution in [3.8, 4) is 6.07 Å². The van der Waals surface area contributed by atoms with Crippen molar-refractivity contribution < 1.29 is 4.79 Å². The lowest BCUT2D eigenvalue weighted by atomic mass is 10.0. The molecule has 122 valence electrons. The van der Waals surface area contributed by atoms with E-state index in [1.165, 1.54) is 5.56 Å². The molecule has 1 amide bonds. The third-order valence-electron chi connectivity index (χ3n) is 3.40. The Morgan fingerprint density at radius 3 is 2.21 bits per heavy atom. The molecular formula is C19H16Cl2N2O. The number of amides is 1. The quantitative estimate of drug-likeness (QED) is 0.565. The molecule has 2 rings (SSSR count). The Kier molecular flexibility index (Phi) is 6.03. The van der Waals surface area contributed by atoms with E-state index in [0.717, 1.165) is 5.56 Å². The summed E-state index contributed by atoms with van der Waals surface area (Å²) in [5.41, 5.74) is 2.43. The average molecular weight is 359 g/mol. The number of hydrogen-bond acceptors (Lipinski definition) is 2. The topological polar surface area (TPSA) is 52.9 Å². The molecule has 3 nitrogen and oxygen atoms in total. The number of nitrogens with one attached hydrogen (secondary N) is 1. The maximum atomic E-state index is 12.3. The minimum Gasteiger partial charge on any atom is -0.321 e. The molecule has 0 bridgehead atoms. The van der Waals surface area contributed by atoms with Gasteiger partial charge in [-0.2, -0.15) is 5.26 Å². The molecule has 0 saturated carbocycles. The van der Waals surface area contributed by atoms with Crippen molar-refractivity contribution in [2.45, 2.75) is 19.8 Å². The number of rotatable bonds is 4. The summed E-state index contributed by atoms with van der Waals surface area (Å²) in [4.78, 5) is 12.3. The van der Waals surface area contributed by atoms with Crippen LogP contribution in [0.25, 0.3) is 6.08 Å². The van der Waals surface area contributed by atoms with Crippen LogP contribution < -0.4 is 5.32 Å². The van der Waals surface area contributed by atoms with Crippen molar-refractivity contribution >= 4 is 40.9 Å². The summed E-state index contributed by atoms with van der Waals surface area (Å²) in [7, 11) is 0. The predicted octanol–water partition coefficient (Wildman–Crippen LogP) is 5.66. The molecule has 0 atom stereocenters. The fraction of sp³-hybridized carbons (Fsp3) is 0.158. The van der Waals surface area contributed by atoms with Gasteiger partial charge in [-0.05, 0) is 41.3 Å². The summed E-state index contributed by atoms with van der Waals surface area (Å²) in [6.07, 6.45) is 1.55. The smallest absolute Gasteiger partial charge is 0.266 e. The number of carbonyl (C=O) groups is 1. The van der Waals surface area contributed by atoms with Crippen molar-refractivity contribution in [3.05, 3.63) is 69.2 Å². The molecule has 0 aliphatic rings. The van der Waals surface area contributed by atoms with E-state index in [1.807, 2.05) is 30.3 Å². The zero-order valence-corrected chi connectivity index (χ0v) is 14.8. The van der Waals surface area contributed by atoms with Gasteiger partial charge in [0.2, 0.25) is 0 Å². The van der Waals surface area contributed by atoms with Crippen molar-refractivity contribution in [1.29, 1.82) is 5.26 Å². The van der Waals surface area contributed by atoms with Gasteiger partial charge in [0.1, 0.15) is 11.6 Å². The molecule has 2 aromatic carbocycles. The van der Waals surface area contributed by atoms with E-state index in [0.29, 0.717) is 21.7 Å². The second-order valence-electron chi connectivity index (χ2n) is 5.60. The zero-order valence-electron chi connectivity index (χ0n) is 13.3. The highest BCUT2D eigenvalue weighted by Crippen LogP contribution is 2.23. The second kappa shape index (κ2) is 8.01. The van der Waals surface area contributed by atoms with Gasteiger partial charge in [-0.15, -0.1) is 0 Å². The molecule has 0 heterocycles. The van der Waals surface area contributed by atoms with Gasteiger partial charge in [-0.3, -0.25) is 4.79 Å². The number of halogens is 2. The molecule has 0 fully saturated rings. The van der Waals surface area contributed by atoms with Crippen LogP contribution >= 0.6 is 23.2 Å². The molecule has 0 aliphatic heterocycles. The molecule has 0 saturated heterocycles. The third-order valence-corrected chi connectivity index (χ3v) is 3.84. The van der Waals surface area contributed by atoms with Gasteiger partial charge in [0.25, 0.3) is 5.91 Å². The average Bonchev–Trinajstić information content (AvgIpc) is 2.51. The van der Waals surface area contributed by atoms with Gasteiger partial charge >= 0.3 is 0 Å². The highest BCUT2D eigenvalue weighted by molar-refractivity contribution is 6.35. The van der Waals surface area contributed by atoms with Gasteiger partial charge in [0.05, 0.1) is 0 Å². The first-order valence-electron chi connectivity index (χ1n) is 7.38. The standard InChI is InChI=1S/C19H16Cl2N2O/c1-12(2)14-5-3-13(4-6-14)7-15(11-22)19(24)23-18-9-16(20)8-17(21)10-18/h3-10,12H,1-2H3,(H,23,24)/b15-7-. The van der Waals surface area contributed by atoms with Crippen LogP contribution in [0.3, 0.4) is 0 Å². The van der Waals surface area contributed by atoms with E-state index < -0.39 is 5.91 Å². The second-order valence-corrected chi connectivity index (χ2v) is 6.48. The molecule has 0 radical (unpaired) electrons. The number of hydrogen-bond donors (Lipinski definition) is 1. The summed E-state index contributed by atoms with van der Waals surface area (Å²) in [5, 5.41) is 12.7. The SMILES string of the molecule is CC(C)c1ccc(/C=C(/C#N)C(=O)Nc2cc(Cl)cc(Cl)c2)cc1. The van der Waals surface area contributed by atoms with Crippen LogP contribution in [0.5, 0.6) is 0 Å². The number of nitrogens with zero attached hydrogens (tertiary/aromatic N) is 1. The fourth-order valence-electron chi connectivity index (χ4n) is 2.12. The minimum absolute atomic E-state index is 0.00314. The Balaban J connectivity index is 2.20. The molecule has 0 unspecified atom stereocenters. The predicted molar refractivity (Wildman–Crippen MR) is 99.2 cm³/mol. The van der Waals surface area contributed by atoms with E-state index >= 15 is 0 Å². The summed E-state index contributed by atoms with van der Waals surface area (Å²) in [6, 6.07) is 14.4. The molecule has 0 aliphatic carbocycles. The van der Waals surface area contributed by atoms with Crippen LogP contribution in [-0.4, -0.2) is 5.91 Å². The summed E-state index contributed by atoms with van der Waals surface area (Å²) in [5.74, 6) is -0.0851. The maximum absolute atomic E-state index is 12.3. The Hall–Kier alpha value is -2.28. The number of anilines is 1. The monoisotopic (exact) mass is 358 g/mol. The highest BCUT2D eigenvalue weighted by Gasteiger charge is 2.10. The highest BCUT2D eigenvalue weighted by atomic mass is 35.5. The van der Waals surface area contributed by atoms with E-state index in [9.17, 15) is 10.1 Å². The summed E-state index contributed by atoms with van der Waals surface area (Å²) >= 11 is 11.8. The van der Waals surface area contributed by atoms with Crippen LogP contribution in [-0.2, 0) is 4.79 Å². The van der Waals surface area contributed by atoms with Crippen LogP contribution in [0, 0.1) is 11.3 Å².